The minimum atomic E-state index is -0.00201. The maximum absolute atomic E-state index is 12.2. The number of halogens is 1. The highest BCUT2D eigenvalue weighted by Gasteiger charge is 2.28. The summed E-state index contributed by atoms with van der Waals surface area (Å²) in [4.78, 5) is 12.2. The van der Waals surface area contributed by atoms with E-state index in [0.717, 1.165) is 19.3 Å². The molecule has 0 aromatic heterocycles. The van der Waals surface area contributed by atoms with Crippen molar-refractivity contribution in [2.45, 2.75) is 25.3 Å². The Morgan fingerprint density at radius 2 is 2.05 bits per heavy atom. The van der Waals surface area contributed by atoms with Crippen molar-refractivity contribution in [2.75, 3.05) is 19.6 Å². The van der Waals surface area contributed by atoms with Gasteiger partial charge in [-0.2, -0.15) is 0 Å². The summed E-state index contributed by atoms with van der Waals surface area (Å²) >= 11 is 5.87. The number of alkyl halides is 1. The maximum Gasteiger partial charge on any atom is 0.224 e. The molecule has 1 amide bonds. The van der Waals surface area contributed by atoms with Gasteiger partial charge in [-0.05, 0) is 30.4 Å². The quantitative estimate of drug-likeness (QED) is 0.812. The van der Waals surface area contributed by atoms with Crippen LogP contribution in [0.3, 0.4) is 0 Å². The minimum absolute atomic E-state index is 0.00201. The third-order valence-corrected chi connectivity index (χ3v) is 4.00. The molecule has 0 aliphatic heterocycles. The second-order valence-electron chi connectivity index (χ2n) is 5.02. The number of nitrogens with one attached hydrogen (secondary N) is 1. The molecule has 0 spiro atoms. The molecule has 19 heavy (non-hydrogen) atoms. The fourth-order valence-corrected chi connectivity index (χ4v) is 2.74. The Hall–Kier alpha value is -1.06. The summed E-state index contributed by atoms with van der Waals surface area (Å²) in [6.07, 6.45) is 2.42. The third-order valence-electron chi connectivity index (χ3n) is 3.62. The van der Waals surface area contributed by atoms with E-state index in [1.54, 1.807) is 7.11 Å². The van der Waals surface area contributed by atoms with Crippen molar-refractivity contribution in [3.63, 3.8) is 0 Å². The Morgan fingerprint density at radius 3 is 2.58 bits per heavy atom. The molecular weight excluding hydrogens is 262 g/mol. The van der Waals surface area contributed by atoms with E-state index in [-0.39, 0.29) is 17.9 Å². The van der Waals surface area contributed by atoms with Gasteiger partial charge >= 0.3 is 0 Å². The van der Waals surface area contributed by atoms with E-state index < -0.39 is 0 Å². The average molecular weight is 282 g/mol. The first kappa shape index (κ1) is 14.4. The lowest BCUT2D eigenvalue weighted by molar-refractivity contribution is -0.125. The lowest BCUT2D eigenvalue weighted by Gasteiger charge is -2.18. The molecule has 1 aliphatic carbocycles. The summed E-state index contributed by atoms with van der Waals surface area (Å²) in [6.45, 7) is 0.614. The number of rotatable bonds is 6. The Kier molecular flexibility index (Phi) is 5.23. The number of fused-ring (bicyclic) bond motifs is 1. The molecule has 4 heteroatoms. The zero-order valence-electron chi connectivity index (χ0n) is 11.2. The molecule has 1 atom stereocenters. The summed E-state index contributed by atoms with van der Waals surface area (Å²) < 4.78 is 5.02. The molecule has 0 heterocycles. The van der Waals surface area contributed by atoms with Crippen LogP contribution < -0.4 is 5.32 Å². The molecule has 3 nitrogen and oxygen atoms in total. The van der Waals surface area contributed by atoms with Gasteiger partial charge in [-0.1, -0.05) is 24.3 Å². The molecule has 104 valence electrons. The first-order valence-corrected chi connectivity index (χ1v) is 7.20. The van der Waals surface area contributed by atoms with Crippen LogP contribution in [0.5, 0.6) is 0 Å². The van der Waals surface area contributed by atoms with E-state index in [4.69, 9.17) is 16.3 Å². The van der Waals surface area contributed by atoms with Gasteiger partial charge in [0.25, 0.3) is 0 Å². The highest BCUT2D eigenvalue weighted by Crippen LogP contribution is 2.26. The summed E-state index contributed by atoms with van der Waals surface area (Å²) in [5, 5.41) is 3.03. The number of benzene rings is 1. The molecule has 1 aromatic carbocycles. The fraction of sp³-hybridized carbons (Fsp3) is 0.533. The third kappa shape index (κ3) is 3.71. The van der Waals surface area contributed by atoms with E-state index in [2.05, 4.69) is 17.4 Å². The van der Waals surface area contributed by atoms with Gasteiger partial charge in [0.1, 0.15) is 0 Å². The normalized spacial score (nSPS) is 16.1. The zero-order chi connectivity index (χ0) is 13.7. The SMILES string of the molecule is COCCC(CCl)NC(=O)C1Cc2ccccc2C1. The van der Waals surface area contributed by atoms with Gasteiger partial charge in [-0.3, -0.25) is 4.79 Å². The molecule has 0 saturated heterocycles. The van der Waals surface area contributed by atoms with Crippen LogP contribution in [-0.4, -0.2) is 31.5 Å². The number of carbonyl (C=O) groups excluding carboxylic acids is 1. The van der Waals surface area contributed by atoms with Crippen LogP contribution in [0.2, 0.25) is 0 Å². The number of ether oxygens (including phenoxy) is 1. The van der Waals surface area contributed by atoms with Crippen LogP contribution in [0, 0.1) is 5.92 Å². The molecule has 1 aromatic rings. The van der Waals surface area contributed by atoms with E-state index >= 15 is 0 Å². The summed E-state index contributed by atoms with van der Waals surface area (Å²) in [7, 11) is 1.65. The second-order valence-corrected chi connectivity index (χ2v) is 5.32. The Labute approximate surface area is 119 Å². The highest BCUT2D eigenvalue weighted by molar-refractivity contribution is 6.18. The van der Waals surface area contributed by atoms with E-state index in [0.29, 0.717) is 12.5 Å². The van der Waals surface area contributed by atoms with Gasteiger partial charge in [0.15, 0.2) is 0 Å². The molecule has 1 N–H and O–H groups in total. The molecule has 0 radical (unpaired) electrons. The van der Waals surface area contributed by atoms with Gasteiger partial charge in [0.2, 0.25) is 5.91 Å². The van der Waals surface area contributed by atoms with Gasteiger partial charge in [-0.25, -0.2) is 0 Å². The zero-order valence-corrected chi connectivity index (χ0v) is 12.0. The standard InChI is InChI=1S/C15H20ClNO2/c1-19-7-6-14(10-16)17-15(18)13-8-11-4-2-3-5-12(11)9-13/h2-5,13-14H,6-10H2,1H3,(H,17,18). The minimum Gasteiger partial charge on any atom is -0.385 e. The lowest BCUT2D eigenvalue weighted by atomic mass is 10.0. The Balaban J connectivity index is 1.88. The highest BCUT2D eigenvalue weighted by atomic mass is 35.5. The van der Waals surface area contributed by atoms with Gasteiger partial charge in [-0.15, -0.1) is 11.6 Å². The number of hydrogen-bond donors (Lipinski definition) is 1. The predicted molar refractivity (Wildman–Crippen MR) is 76.5 cm³/mol. The molecular formula is C15H20ClNO2. The van der Waals surface area contributed by atoms with Gasteiger partial charge in [0.05, 0.1) is 0 Å². The topological polar surface area (TPSA) is 38.3 Å². The fourth-order valence-electron chi connectivity index (χ4n) is 2.51. The summed E-state index contributed by atoms with van der Waals surface area (Å²) in [6, 6.07) is 8.26. The Morgan fingerprint density at radius 1 is 1.42 bits per heavy atom. The number of methoxy groups -OCH3 is 1. The van der Waals surface area contributed by atoms with Crippen molar-refractivity contribution >= 4 is 17.5 Å². The largest absolute Gasteiger partial charge is 0.385 e. The van der Waals surface area contributed by atoms with Crippen LogP contribution in [0.15, 0.2) is 24.3 Å². The first-order chi connectivity index (χ1) is 9.24. The van der Waals surface area contributed by atoms with Crippen LogP contribution >= 0.6 is 11.6 Å². The molecule has 2 rings (SSSR count). The van der Waals surface area contributed by atoms with E-state index in [9.17, 15) is 4.79 Å². The van der Waals surface area contributed by atoms with Crippen LogP contribution in [0.4, 0.5) is 0 Å². The molecule has 0 fully saturated rings. The van der Waals surface area contributed by atoms with Crippen molar-refractivity contribution in [2.24, 2.45) is 5.92 Å². The van der Waals surface area contributed by atoms with Gasteiger partial charge < -0.3 is 10.1 Å². The van der Waals surface area contributed by atoms with Gasteiger partial charge in [0, 0.05) is 31.6 Å². The average Bonchev–Trinajstić information content (AvgIpc) is 2.87. The Bertz CT molecular complexity index is 411. The predicted octanol–water partition coefficient (Wildman–Crippen LogP) is 2.16. The molecule has 0 saturated carbocycles. The van der Waals surface area contributed by atoms with E-state index in [1.165, 1.54) is 11.1 Å². The number of carbonyl (C=O) groups is 1. The van der Waals surface area contributed by atoms with Crippen LogP contribution in [0.25, 0.3) is 0 Å². The monoisotopic (exact) mass is 281 g/mol. The smallest absolute Gasteiger partial charge is 0.224 e. The van der Waals surface area contributed by atoms with Crippen molar-refractivity contribution in [1.82, 2.24) is 5.32 Å². The molecule has 0 bridgehead atoms. The van der Waals surface area contributed by atoms with Crippen molar-refractivity contribution in [3.8, 4) is 0 Å². The van der Waals surface area contributed by atoms with Crippen molar-refractivity contribution in [3.05, 3.63) is 35.4 Å². The van der Waals surface area contributed by atoms with Crippen LogP contribution in [-0.2, 0) is 22.4 Å². The number of hydrogen-bond acceptors (Lipinski definition) is 2. The van der Waals surface area contributed by atoms with Crippen LogP contribution in [0.1, 0.15) is 17.5 Å². The molecule has 1 aliphatic rings. The second kappa shape index (κ2) is 6.92. The molecule has 1 unspecified atom stereocenters. The maximum atomic E-state index is 12.2. The van der Waals surface area contributed by atoms with Crippen molar-refractivity contribution in [1.29, 1.82) is 0 Å². The number of amides is 1. The van der Waals surface area contributed by atoms with Crippen molar-refractivity contribution < 1.29 is 9.53 Å². The first-order valence-electron chi connectivity index (χ1n) is 6.66. The van der Waals surface area contributed by atoms with E-state index in [1.807, 2.05) is 12.1 Å². The lowest BCUT2D eigenvalue weighted by Crippen LogP contribution is -2.40. The summed E-state index contributed by atoms with van der Waals surface area (Å²) in [5.41, 5.74) is 2.59. The summed E-state index contributed by atoms with van der Waals surface area (Å²) in [5.74, 6) is 0.581.